The van der Waals surface area contributed by atoms with E-state index in [1.165, 1.54) is 18.3 Å². The normalized spacial score (nSPS) is 11.4. The second-order valence-corrected chi connectivity index (χ2v) is 4.47. The van der Waals surface area contributed by atoms with Crippen molar-refractivity contribution in [2.45, 2.75) is 32.7 Å². The number of hydrogen-bond donors (Lipinski definition) is 3. The van der Waals surface area contributed by atoms with Crippen LogP contribution in [-0.4, -0.2) is 26.9 Å². The topological polar surface area (TPSA) is 91.7 Å². The van der Waals surface area contributed by atoms with E-state index >= 15 is 0 Å². The predicted octanol–water partition coefficient (Wildman–Crippen LogP) is 1.41. The molecule has 0 radical (unpaired) electrons. The molecule has 17 heavy (non-hydrogen) atoms. The quantitative estimate of drug-likeness (QED) is 0.680. The maximum Gasteiger partial charge on any atom is 0.413 e. The zero-order valence-corrected chi connectivity index (χ0v) is 9.97. The summed E-state index contributed by atoms with van der Waals surface area (Å²) in [6, 6.07) is 2.79. The van der Waals surface area contributed by atoms with Crippen molar-refractivity contribution in [1.82, 2.24) is 4.98 Å². The standard InChI is InChI=1S/C11H16N2O4/c1-11(2,3)17-10(16)13-8-6-7(9(14)15)4-5-12-8/h4-6,9,14-15H,1-3H3,(H,12,13,16). The molecule has 1 amide bonds. The van der Waals surface area contributed by atoms with E-state index in [0.717, 1.165) is 0 Å². The van der Waals surface area contributed by atoms with E-state index in [1.807, 2.05) is 0 Å². The lowest BCUT2D eigenvalue weighted by atomic mass is 10.2. The van der Waals surface area contributed by atoms with E-state index in [0.29, 0.717) is 0 Å². The van der Waals surface area contributed by atoms with Gasteiger partial charge in [0.25, 0.3) is 0 Å². The first-order valence-corrected chi connectivity index (χ1v) is 5.10. The number of amides is 1. The number of aliphatic hydroxyl groups excluding tert-OH is 1. The predicted molar refractivity (Wildman–Crippen MR) is 61.3 cm³/mol. The molecule has 1 heterocycles. The molecule has 0 fully saturated rings. The zero-order valence-electron chi connectivity index (χ0n) is 9.97. The second kappa shape index (κ2) is 5.11. The van der Waals surface area contributed by atoms with Gasteiger partial charge in [-0.15, -0.1) is 0 Å². The highest BCUT2D eigenvalue weighted by Crippen LogP contribution is 2.14. The van der Waals surface area contributed by atoms with E-state index in [4.69, 9.17) is 14.9 Å². The molecule has 1 aromatic heterocycles. The number of aromatic nitrogens is 1. The fraction of sp³-hybridized carbons (Fsp3) is 0.455. The summed E-state index contributed by atoms with van der Waals surface area (Å²) in [4.78, 5) is 15.3. The molecule has 1 rings (SSSR count). The SMILES string of the molecule is CC(C)(C)OC(=O)Nc1cc(C(O)O)ccn1. The molecule has 0 bridgehead atoms. The summed E-state index contributed by atoms with van der Waals surface area (Å²) in [7, 11) is 0. The Hall–Kier alpha value is -1.66. The van der Waals surface area contributed by atoms with E-state index in [-0.39, 0.29) is 11.4 Å². The molecule has 6 nitrogen and oxygen atoms in total. The number of nitrogens with one attached hydrogen (secondary N) is 1. The lowest BCUT2D eigenvalue weighted by Crippen LogP contribution is -2.27. The Labute approximate surface area is 99.3 Å². The number of aliphatic hydroxyl groups is 2. The van der Waals surface area contributed by atoms with Crippen LogP contribution in [0.25, 0.3) is 0 Å². The number of ether oxygens (including phenoxy) is 1. The highest BCUT2D eigenvalue weighted by Gasteiger charge is 2.16. The average Bonchev–Trinajstić information content (AvgIpc) is 2.14. The van der Waals surface area contributed by atoms with Crippen molar-refractivity contribution < 1.29 is 19.7 Å². The van der Waals surface area contributed by atoms with Crippen molar-refractivity contribution >= 4 is 11.9 Å². The van der Waals surface area contributed by atoms with Crippen LogP contribution in [0.5, 0.6) is 0 Å². The van der Waals surface area contributed by atoms with Crippen LogP contribution in [0.1, 0.15) is 32.6 Å². The molecule has 0 aliphatic rings. The molecule has 0 aromatic carbocycles. The van der Waals surface area contributed by atoms with Gasteiger partial charge in [0.1, 0.15) is 11.4 Å². The summed E-state index contributed by atoms with van der Waals surface area (Å²) in [6.07, 6.45) is -0.881. The van der Waals surface area contributed by atoms with Crippen molar-refractivity contribution in [3.8, 4) is 0 Å². The summed E-state index contributed by atoms with van der Waals surface area (Å²) in [6.45, 7) is 5.23. The molecule has 0 atom stereocenters. The highest BCUT2D eigenvalue weighted by molar-refractivity contribution is 5.83. The van der Waals surface area contributed by atoms with Gasteiger partial charge in [0.15, 0.2) is 6.29 Å². The summed E-state index contributed by atoms with van der Waals surface area (Å²) in [5.41, 5.74) is -0.357. The molecule has 1 aromatic rings. The number of rotatable bonds is 2. The summed E-state index contributed by atoms with van der Waals surface area (Å²) >= 11 is 0. The Bertz CT molecular complexity index is 399. The van der Waals surface area contributed by atoms with Crippen molar-refractivity contribution in [1.29, 1.82) is 0 Å². The Morgan fingerprint density at radius 2 is 2.12 bits per heavy atom. The number of pyridine rings is 1. The van der Waals surface area contributed by atoms with Crippen molar-refractivity contribution in [2.75, 3.05) is 5.32 Å². The van der Waals surface area contributed by atoms with Crippen LogP contribution in [-0.2, 0) is 4.74 Å². The van der Waals surface area contributed by atoms with Crippen LogP contribution >= 0.6 is 0 Å². The fourth-order valence-corrected chi connectivity index (χ4v) is 1.08. The number of hydrogen-bond acceptors (Lipinski definition) is 5. The van der Waals surface area contributed by atoms with Crippen LogP contribution in [0.15, 0.2) is 18.3 Å². The Morgan fingerprint density at radius 3 is 2.65 bits per heavy atom. The summed E-state index contributed by atoms with van der Waals surface area (Å²) < 4.78 is 5.03. The van der Waals surface area contributed by atoms with Crippen molar-refractivity contribution in [2.24, 2.45) is 0 Å². The molecule has 0 saturated heterocycles. The Kier molecular flexibility index (Phi) is 4.03. The van der Waals surface area contributed by atoms with Crippen LogP contribution in [0.3, 0.4) is 0 Å². The average molecular weight is 240 g/mol. The monoisotopic (exact) mass is 240 g/mol. The number of carbonyl (C=O) groups excluding carboxylic acids is 1. The minimum absolute atomic E-state index is 0.199. The minimum atomic E-state index is -1.60. The van der Waals surface area contributed by atoms with Crippen molar-refractivity contribution in [3.05, 3.63) is 23.9 Å². The van der Waals surface area contributed by atoms with Gasteiger partial charge in [-0.2, -0.15) is 0 Å². The molecule has 94 valence electrons. The van der Waals surface area contributed by atoms with Crippen molar-refractivity contribution in [3.63, 3.8) is 0 Å². The van der Waals surface area contributed by atoms with Gasteiger partial charge in [0.2, 0.25) is 0 Å². The smallest absolute Gasteiger partial charge is 0.413 e. The van der Waals surface area contributed by atoms with Gasteiger partial charge in [-0.25, -0.2) is 9.78 Å². The van der Waals surface area contributed by atoms with Crippen LogP contribution in [0.2, 0.25) is 0 Å². The van der Waals surface area contributed by atoms with Gasteiger partial charge in [-0.1, -0.05) is 0 Å². The molecular weight excluding hydrogens is 224 g/mol. The molecule has 0 aliphatic carbocycles. The van der Waals surface area contributed by atoms with E-state index < -0.39 is 18.0 Å². The molecule has 0 saturated carbocycles. The number of carbonyl (C=O) groups is 1. The number of nitrogens with zero attached hydrogens (tertiary/aromatic N) is 1. The summed E-state index contributed by atoms with van der Waals surface area (Å²) in [5, 5.41) is 20.3. The molecule has 0 unspecified atom stereocenters. The first-order chi connectivity index (χ1) is 7.78. The van der Waals surface area contributed by atoms with Gasteiger partial charge in [-0.3, -0.25) is 5.32 Å². The third kappa shape index (κ3) is 4.80. The lowest BCUT2D eigenvalue weighted by molar-refractivity contribution is -0.0425. The Balaban J connectivity index is 2.69. The minimum Gasteiger partial charge on any atom is -0.444 e. The highest BCUT2D eigenvalue weighted by atomic mass is 16.6. The van der Waals surface area contributed by atoms with Gasteiger partial charge in [0, 0.05) is 11.8 Å². The fourth-order valence-electron chi connectivity index (χ4n) is 1.08. The first kappa shape index (κ1) is 13.4. The molecule has 0 aliphatic heterocycles. The molecular formula is C11H16N2O4. The second-order valence-electron chi connectivity index (χ2n) is 4.47. The van der Waals surface area contributed by atoms with Gasteiger partial charge in [-0.05, 0) is 32.9 Å². The maximum absolute atomic E-state index is 11.4. The first-order valence-electron chi connectivity index (χ1n) is 5.10. The maximum atomic E-state index is 11.4. The molecule has 6 heteroatoms. The van der Waals surface area contributed by atoms with E-state index in [1.54, 1.807) is 20.8 Å². The third-order valence-corrected chi connectivity index (χ3v) is 1.71. The van der Waals surface area contributed by atoms with Crippen LogP contribution in [0, 0.1) is 0 Å². The summed E-state index contributed by atoms with van der Waals surface area (Å²) in [5.74, 6) is 0.199. The largest absolute Gasteiger partial charge is 0.444 e. The van der Waals surface area contributed by atoms with E-state index in [9.17, 15) is 4.79 Å². The molecule has 0 spiro atoms. The Morgan fingerprint density at radius 1 is 1.47 bits per heavy atom. The van der Waals surface area contributed by atoms with Crippen LogP contribution in [0.4, 0.5) is 10.6 Å². The lowest BCUT2D eigenvalue weighted by Gasteiger charge is -2.19. The third-order valence-electron chi connectivity index (χ3n) is 1.71. The van der Waals surface area contributed by atoms with Gasteiger partial charge >= 0.3 is 6.09 Å². The zero-order chi connectivity index (χ0) is 13.1. The van der Waals surface area contributed by atoms with E-state index in [2.05, 4.69) is 10.3 Å². The van der Waals surface area contributed by atoms with Crippen LogP contribution < -0.4 is 5.32 Å². The van der Waals surface area contributed by atoms with Gasteiger partial charge < -0.3 is 14.9 Å². The molecule has 3 N–H and O–H groups in total. The number of anilines is 1. The van der Waals surface area contributed by atoms with Gasteiger partial charge in [0.05, 0.1) is 0 Å².